The molecule has 0 aromatic carbocycles. The summed E-state index contributed by atoms with van der Waals surface area (Å²) in [6.45, 7) is 0. The van der Waals surface area contributed by atoms with Gasteiger partial charge in [-0.3, -0.25) is 12.9 Å². The van der Waals surface area contributed by atoms with Gasteiger partial charge in [-0.15, -0.1) is 10.2 Å². The van der Waals surface area contributed by atoms with E-state index >= 15 is 0 Å². The normalized spacial score (nSPS) is 8.70. The molecule has 0 amide bonds. The fourth-order valence-electron chi connectivity index (χ4n) is 0. The van der Waals surface area contributed by atoms with E-state index in [2.05, 4.69) is 0 Å². The van der Waals surface area contributed by atoms with Crippen molar-refractivity contribution in [2.45, 2.75) is 0 Å². The first-order chi connectivity index (χ1) is 3.73. The molecule has 0 fully saturated rings. The van der Waals surface area contributed by atoms with Crippen molar-refractivity contribution in [3.63, 3.8) is 0 Å². The van der Waals surface area contributed by atoms with Crippen LogP contribution in [0.4, 0.5) is 12.9 Å². The van der Waals surface area contributed by atoms with E-state index in [4.69, 9.17) is 18.6 Å². The summed E-state index contributed by atoms with van der Waals surface area (Å²) in [5, 5.41) is 0. The van der Waals surface area contributed by atoms with Crippen LogP contribution in [0, 0.1) is 10.2 Å². The summed E-state index contributed by atoms with van der Waals surface area (Å²) >= 11 is 0. The van der Waals surface area contributed by atoms with Crippen LogP contribution in [0.1, 0.15) is 0 Å². The van der Waals surface area contributed by atoms with Crippen LogP contribution in [0.3, 0.4) is 0 Å². The second-order valence-corrected chi connectivity index (χ2v) is 1.38. The van der Waals surface area contributed by atoms with Gasteiger partial charge in [-0.05, 0) is 0 Å². The SMILES string of the molecule is FB(F)F.[Na+].[O-][Cl+3]([O-])([O-])[O-]. The van der Waals surface area contributed by atoms with Crippen LogP contribution in [-0.2, 0) is 0 Å². The standard InChI is InChI=1S/BF3.ClHO4.Na/c2-1(3)4;2-1(3,4)5;/h;(H,2,3,4,5);/q;;+1/p-1. The van der Waals surface area contributed by atoms with Crippen LogP contribution in [0.5, 0.6) is 0 Å². The average Bonchev–Trinajstić information content (AvgIpc) is 1.19. The van der Waals surface area contributed by atoms with Crippen molar-refractivity contribution in [2.24, 2.45) is 0 Å². The first kappa shape index (κ1) is 17.2. The molecular formula is BClF3NaO4. The molecule has 56 valence electrons. The molecular weight excluding hydrogens is 190 g/mol. The zero-order valence-electron chi connectivity index (χ0n) is 4.72. The molecule has 0 saturated heterocycles. The Balaban J connectivity index is -0.0000000910. The summed E-state index contributed by atoms with van der Waals surface area (Å²) in [6, 6.07) is 0. The number of halogens is 4. The monoisotopic (exact) mass is 190 g/mol. The minimum Gasteiger partial charge on any atom is -0.254 e. The Morgan fingerprint density at radius 1 is 0.900 bits per heavy atom. The van der Waals surface area contributed by atoms with Crippen molar-refractivity contribution in [3.05, 3.63) is 0 Å². The zero-order valence-corrected chi connectivity index (χ0v) is 7.48. The van der Waals surface area contributed by atoms with Crippen molar-refractivity contribution in [1.82, 2.24) is 0 Å². The molecule has 0 aromatic rings. The Bertz CT molecular complexity index is 57.3. The van der Waals surface area contributed by atoms with Gasteiger partial charge >= 0.3 is 37.1 Å². The zero-order chi connectivity index (χ0) is 8.08. The molecule has 0 saturated carbocycles. The molecule has 0 aliphatic heterocycles. The van der Waals surface area contributed by atoms with E-state index < -0.39 is 17.8 Å². The molecule has 0 heterocycles. The van der Waals surface area contributed by atoms with E-state index in [1.54, 1.807) is 0 Å². The van der Waals surface area contributed by atoms with Gasteiger partial charge in [0.05, 0.1) is 0 Å². The molecule has 0 bridgehead atoms. The van der Waals surface area contributed by atoms with Gasteiger partial charge in [0, 0.05) is 0 Å². The molecule has 0 unspecified atom stereocenters. The average molecular weight is 190 g/mol. The largest absolute Gasteiger partial charge is 1.00 e. The van der Waals surface area contributed by atoms with Crippen molar-refractivity contribution in [3.8, 4) is 0 Å². The number of rotatable bonds is 0. The van der Waals surface area contributed by atoms with Crippen LogP contribution in [0.2, 0.25) is 0 Å². The smallest absolute Gasteiger partial charge is 0.254 e. The predicted molar refractivity (Wildman–Crippen MR) is 9.08 cm³/mol. The number of hydrogen-bond donors (Lipinski definition) is 0. The molecule has 0 aromatic heterocycles. The summed E-state index contributed by atoms with van der Waals surface area (Å²) in [6.07, 6.45) is 0. The second-order valence-electron chi connectivity index (χ2n) is 0.625. The summed E-state index contributed by atoms with van der Waals surface area (Å²) in [5.74, 6) is 0. The van der Waals surface area contributed by atoms with Gasteiger partial charge in [-0.25, -0.2) is 18.6 Å². The maximum Gasteiger partial charge on any atom is 1.00 e. The molecule has 0 N–H and O–H groups in total. The van der Waals surface area contributed by atoms with Gasteiger partial charge in [0.2, 0.25) is 0 Å². The third-order valence-corrected chi connectivity index (χ3v) is 0. The van der Waals surface area contributed by atoms with Crippen molar-refractivity contribution >= 4 is 7.54 Å². The van der Waals surface area contributed by atoms with Gasteiger partial charge < -0.3 is 0 Å². The fourth-order valence-corrected chi connectivity index (χ4v) is 0. The van der Waals surface area contributed by atoms with E-state index in [-0.39, 0.29) is 29.6 Å². The summed E-state index contributed by atoms with van der Waals surface area (Å²) in [4.78, 5) is 0. The van der Waals surface area contributed by atoms with E-state index in [1.165, 1.54) is 0 Å². The Hall–Kier alpha value is 0.985. The van der Waals surface area contributed by atoms with Gasteiger partial charge in [-0.1, -0.05) is 0 Å². The van der Waals surface area contributed by atoms with Crippen LogP contribution in [0.25, 0.3) is 0 Å². The second kappa shape index (κ2) is 8.09. The minimum atomic E-state index is -4.94. The van der Waals surface area contributed by atoms with Crippen LogP contribution >= 0.6 is 0 Å². The molecule has 10 heavy (non-hydrogen) atoms. The summed E-state index contributed by atoms with van der Waals surface area (Å²) in [7, 11) is -8.61. The molecule has 0 rings (SSSR count). The predicted octanol–water partition coefficient (Wildman–Crippen LogP) is -6.87. The molecule has 0 spiro atoms. The van der Waals surface area contributed by atoms with Crippen molar-refractivity contribution in [2.75, 3.05) is 0 Å². The first-order valence-electron chi connectivity index (χ1n) is 1.27. The third kappa shape index (κ3) is 591. The Morgan fingerprint density at radius 3 is 0.900 bits per heavy atom. The topological polar surface area (TPSA) is 92.2 Å². The van der Waals surface area contributed by atoms with Crippen LogP contribution in [0.15, 0.2) is 0 Å². The van der Waals surface area contributed by atoms with Gasteiger partial charge in [0.15, 0.2) is 0 Å². The molecule has 0 aliphatic rings. The molecule has 10 heteroatoms. The summed E-state index contributed by atoms with van der Waals surface area (Å²) < 4.78 is 63.0. The van der Waals surface area contributed by atoms with Crippen molar-refractivity contribution in [1.29, 1.82) is 0 Å². The van der Waals surface area contributed by atoms with Crippen LogP contribution in [-0.4, -0.2) is 7.54 Å². The van der Waals surface area contributed by atoms with E-state index in [1.807, 2.05) is 0 Å². The molecule has 0 radical (unpaired) electrons. The fraction of sp³-hybridized carbons (Fsp3) is 0. The van der Waals surface area contributed by atoms with Gasteiger partial charge in [0.1, 0.15) is 0 Å². The van der Waals surface area contributed by atoms with Crippen LogP contribution < -0.4 is 48.2 Å². The molecule has 0 atom stereocenters. The quantitative estimate of drug-likeness (QED) is 0.355. The van der Waals surface area contributed by atoms with Crippen molar-refractivity contribution < 1.29 is 71.4 Å². The van der Waals surface area contributed by atoms with E-state index in [9.17, 15) is 12.9 Å². The molecule has 0 aliphatic carbocycles. The number of hydrogen-bond acceptors (Lipinski definition) is 4. The van der Waals surface area contributed by atoms with Gasteiger partial charge in [-0.2, -0.15) is 0 Å². The maximum atomic E-state index is 9.67. The first-order valence-corrected chi connectivity index (χ1v) is 2.51. The van der Waals surface area contributed by atoms with E-state index in [0.717, 1.165) is 0 Å². The van der Waals surface area contributed by atoms with Gasteiger partial charge in [0.25, 0.3) is 0 Å². The Labute approximate surface area is 78.9 Å². The third-order valence-electron chi connectivity index (χ3n) is 0. The Kier molecular flexibility index (Phi) is 13.9. The van der Waals surface area contributed by atoms with E-state index in [0.29, 0.717) is 0 Å². The maximum absolute atomic E-state index is 9.67. The molecule has 4 nitrogen and oxygen atoms in total. The minimum absolute atomic E-state index is 0. The summed E-state index contributed by atoms with van der Waals surface area (Å²) in [5.41, 5.74) is 0. The Morgan fingerprint density at radius 2 is 0.900 bits per heavy atom.